The van der Waals surface area contributed by atoms with Crippen LogP contribution >= 0.6 is 27.3 Å². The number of hydrogen-bond donors (Lipinski definition) is 2. The van der Waals surface area contributed by atoms with Crippen LogP contribution in [0.3, 0.4) is 0 Å². The summed E-state index contributed by atoms with van der Waals surface area (Å²) >= 11 is 4.68. The lowest BCUT2D eigenvalue weighted by atomic mass is 10.2. The molecule has 2 N–H and O–H groups in total. The number of benzene rings is 1. The maximum atomic E-state index is 12.2. The average molecular weight is 469 g/mol. The van der Waals surface area contributed by atoms with Gasteiger partial charge in [0.05, 0.1) is 11.4 Å². The number of rotatable bonds is 4. The first-order valence-corrected chi connectivity index (χ1v) is 10.6. The minimum atomic E-state index is -0.318. The average Bonchev–Trinajstić information content (AvgIpc) is 3.09. The van der Waals surface area contributed by atoms with Gasteiger partial charge in [0.15, 0.2) is 3.92 Å². The van der Waals surface area contributed by atoms with Gasteiger partial charge in [-0.1, -0.05) is 12.1 Å². The summed E-state index contributed by atoms with van der Waals surface area (Å²) in [5.41, 5.74) is 2.00. The van der Waals surface area contributed by atoms with Crippen molar-refractivity contribution >= 4 is 51.0 Å². The van der Waals surface area contributed by atoms with Crippen LogP contribution in [0.25, 0.3) is 0 Å². The topological polar surface area (TPSA) is 83.6 Å². The molecule has 1 amide bonds. The van der Waals surface area contributed by atoms with E-state index in [1.807, 2.05) is 45.0 Å². The molecule has 3 rings (SSSR count). The van der Waals surface area contributed by atoms with Gasteiger partial charge >= 0.3 is 0 Å². The van der Waals surface area contributed by atoms with E-state index in [9.17, 15) is 9.59 Å². The minimum Gasteiger partial charge on any atom is -0.462 e. The number of ether oxygens (including phenoxy) is 1. The zero-order valence-electron chi connectivity index (χ0n) is 16.2. The standard InChI is InChI=1S/C14H15BrN4OS.C5H10O2/c15-14-18-11(9-21-14)13(20)17-10-3-1-2-4-12(10)19-7-5-16-6-8-19;1-5(2,3)7-4-6/h1-4,9,16H,5-8H2,(H,17,20);4H,1-3H3. The summed E-state index contributed by atoms with van der Waals surface area (Å²) in [5, 5.41) is 8.03. The van der Waals surface area contributed by atoms with Gasteiger partial charge in [-0.3, -0.25) is 9.59 Å². The zero-order valence-corrected chi connectivity index (χ0v) is 18.6. The Balaban J connectivity index is 0.000000345. The number of nitrogens with one attached hydrogen (secondary N) is 2. The first-order valence-electron chi connectivity index (χ1n) is 8.88. The van der Waals surface area contributed by atoms with Crippen LogP contribution in [0.1, 0.15) is 31.3 Å². The van der Waals surface area contributed by atoms with Gasteiger partial charge in [0.2, 0.25) is 0 Å². The number of halogens is 1. The smallest absolute Gasteiger partial charge is 0.293 e. The van der Waals surface area contributed by atoms with E-state index in [4.69, 9.17) is 0 Å². The fourth-order valence-corrected chi connectivity index (χ4v) is 3.44. The molecule has 0 spiro atoms. The molecule has 0 bridgehead atoms. The van der Waals surface area contributed by atoms with Gasteiger partial charge in [0.25, 0.3) is 12.4 Å². The molecule has 1 aromatic heterocycles. The molecule has 0 aliphatic carbocycles. The van der Waals surface area contributed by atoms with Gasteiger partial charge in [0, 0.05) is 31.6 Å². The molecule has 1 aliphatic rings. The molecule has 0 radical (unpaired) electrons. The van der Waals surface area contributed by atoms with Crippen molar-refractivity contribution in [2.24, 2.45) is 0 Å². The SMILES string of the molecule is CC(C)(C)OC=O.O=C(Nc1ccccc1N1CCNCC1)c1csc(Br)n1. The minimum absolute atomic E-state index is 0.181. The van der Waals surface area contributed by atoms with Crippen LogP contribution in [0.5, 0.6) is 0 Å². The van der Waals surface area contributed by atoms with Gasteiger partial charge < -0.3 is 20.3 Å². The van der Waals surface area contributed by atoms with E-state index in [-0.39, 0.29) is 11.5 Å². The van der Waals surface area contributed by atoms with Crippen LogP contribution in [0, 0.1) is 0 Å². The van der Waals surface area contributed by atoms with Crippen molar-refractivity contribution in [1.82, 2.24) is 10.3 Å². The third kappa shape index (κ3) is 7.21. The summed E-state index contributed by atoms with van der Waals surface area (Å²) in [7, 11) is 0. The second-order valence-electron chi connectivity index (χ2n) is 7.02. The summed E-state index contributed by atoms with van der Waals surface area (Å²) in [6.45, 7) is 9.72. The molecule has 28 heavy (non-hydrogen) atoms. The van der Waals surface area contributed by atoms with Crippen LogP contribution in [0.2, 0.25) is 0 Å². The highest BCUT2D eigenvalue weighted by Gasteiger charge is 2.16. The Kier molecular flexibility index (Phi) is 8.40. The molecular weight excluding hydrogens is 444 g/mol. The van der Waals surface area contributed by atoms with Gasteiger partial charge in [-0.05, 0) is 48.8 Å². The molecule has 2 heterocycles. The Bertz CT molecular complexity index is 785. The Morgan fingerprint density at radius 1 is 1.32 bits per heavy atom. The molecule has 1 aromatic carbocycles. The van der Waals surface area contributed by atoms with Crippen LogP contribution < -0.4 is 15.5 Å². The van der Waals surface area contributed by atoms with Gasteiger partial charge in [-0.15, -0.1) is 11.3 Å². The van der Waals surface area contributed by atoms with Crippen LogP contribution in [-0.2, 0) is 9.53 Å². The van der Waals surface area contributed by atoms with E-state index in [0.29, 0.717) is 16.1 Å². The number of aromatic nitrogens is 1. The molecular formula is C19H25BrN4O3S. The highest BCUT2D eigenvalue weighted by molar-refractivity contribution is 9.11. The predicted molar refractivity (Wildman–Crippen MR) is 116 cm³/mol. The number of thiazole rings is 1. The quantitative estimate of drug-likeness (QED) is 0.667. The summed E-state index contributed by atoms with van der Waals surface area (Å²) < 4.78 is 5.26. The number of amides is 1. The number of anilines is 2. The largest absolute Gasteiger partial charge is 0.462 e. The number of para-hydroxylation sites is 2. The summed E-state index contributed by atoms with van der Waals surface area (Å²) in [5.74, 6) is -0.181. The van der Waals surface area contributed by atoms with E-state index in [0.717, 1.165) is 37.6 Å². The monoisotopic (exact) mass is 468 g/mol. The molecule has 9 heteroatoms. The Hall–Kier alpha value is -1.97. The van der Waals surface area contributed by atoms with E-state index in [1.165, 1.54) is 11.3 Å². The molecule has 2 aromatic rings. The number of carbonyl (C=O) groups is 2. The van der Waals surface area contributed by atoms with Crippen molar-refractivity contribution in [3.05, 3.63) is 39.3 Å². The van der Waals surface area contributed by atoms with Gasteiger partial charge in [0.1, 0.15) is 11.3 Å². The highest BCUT2D eigenvalue weighted by atomic mass is 79.9. The zero-order chi connectivity index (χ0) is 20.6. The highest BCUT2D eigenvalue weighted by Crippen LogP contribution is 2.26. The first-order chi connectivity index (χ1) is 13.3. The molecule has 0 saturated carbocycles. The van der Waals surface area contributed by atoms with E-state index in [2.05, 4.69) is 41.2 Å². The first kappa shape index (κ1) is 22.3. The molecule has 0 unspecified atom stereocenters. The number of hydrogen-bond acceptors (Lipinski definition) is 7. The number of carbonyl (C=O) groups excluding carboxylic acids is 2. The fraction of sp³-hybridized carbons (Fsp3) is 0.421. The lowest BCUT2D eigenvalue weighted by Gasteiger charge is -2.31. The molecule has 7 nitrogen and oxygen atoms in total. The Morgan fingerprint density at radius 3 is 2.54 bits per heavy atom. The Morgan fingerprint density at radius 2 is 2.00 bits per heavy atom. The van der Waals surface area contributed by atoms with Gasteiger partial charge in [-0.2, -0.15) is 0 Å². The van der Waals surface area contributed by atoms with Gasteiger partial charge in [-0.25, -0.2) is 4.98 Å². The number of piperazine rings is 1. The predicted octanol–water partition coefficient (Wildman–Crippen LogP) is 3.53. The molecule has 1 saturated heterocycles. The lowest BCUT2D eigenvalue weighted by molar-refractivity contribution is -0.138. The second-order valence-corrected chi connectivity index (χ2v) is 9.15. The van der Waals surface area contributed by atoms with Crippen molar-refractivity contribution < 1.29 is 14.3 Å². The van der Waals surface area contributed by atoms with E-state index >= 15 is 0 Å². The third-order valence-electron chi connectivity index (χ3n) is 3.72. The second kappa shape index (κ2) is 10.5. The van der Waals surface area contributed by atoms with Crippen molar-refractivity contribution in [3.8, 4) is 0 Å². The van der Waals surface area contributed by atoms with E-state index in [1.54, 1.807) is 5.38 Å². The van der Waals surface area contributed by atoms with Crippen molar-refractivity contribution in [2.45, 2.75) is 26.4 Å². The maximum absolute atomic E-state index is 12.2. The van der Waals surface area contributed by atoms with Crippen molar-refractivity contribution in [3.63, 3.8) is 0 Å². The third-order valence-corrected chi connectivity index (χ3v) is 5.09. The normalized spacial score (nSPS) is 13.9. The lowest BCUT2D eigenvalue weighted by Crippen LogP contribution is -2.43. The molecule has 1 fully saturated rings. The van der Waals surface area contributed by atoms with Crippen LogP contribution in [0.15, 0.2) is 33.6 Å². The Labute approximate surface area is 177 Å². The van der Waals surface area contributed by atoms with Crippen LogP contribution in [0.4, 0.5) is 11.4 Å². The summed E-state index contributed by atoms with van der Waals surface area (Å²) in [6.07, 6.45) is 0. The molecule has 1 aliphatic heterocycles. The van der Waals surface area contributed by atoms with Crippen molar-refractivity contribution in [2.75, 3.05) is 36.4 Å². The summed E-state index contributed by atoms with van der Waals surface area (Å²) in [6, 6.07) is 7.89. The van der Waals surface area contributed by atoms with Crippen molar-refractivity contribution in [1.29, 1.82) is 0 Å². The molecule has 152 valence electrons. The summed E-state index contributed by atoms with van der Waals surface area (Å²) in [4.78, 5) is 28.3. The maximum Gasteiger partial charge on any atom is 0.293 e. The van der Waals surface area contributed by atoms with Crippen LogP contribution in [-0.4, -0.2) is 49.1 Å². The number of nitrogens with zero attached hydrogens (tertiary/aromatic N) is 2. The van der Waals surface area contributed by atoms with E-state index < -0.39 is 0 Å². The molecule has 0 atom stereocenters. The fourth-order valence-electron chi connectivity index (χ4n) is 2.45.